The first kappa shape index (κ1) is 15.7. The summed E-state index contributed by atoms with van der Waals surface area (Å²) in [6, 6.07) is 9.33. The zero-order valence-corrected chi connectivity index (χ0v) is 13.5. The van der Waals surface area contributed by atoms with Gasteiger partial charge in [-0.15, -0.1) is 0 Å². The zero-order valence-electron chi connectivity index (χ0n) is 13.5. The summed E-state index contributed by atoms with van der Waals surface area (Å²) in [6.45, 7) is 4.34. The molecule has 0 bridgehead atoms. The molecule has 0 saturated carbocycles. The van der Waals surface area contributed by atoms with Gasteiger partial charge in [-0.1, -0.05) is 6.07 Å². The van der Waals surface area contributed by atoms with Gasteiger partial charge in [-0.25, -0.2) is 0 Å². The number of carbonyl (C=O) groups is 1. The Hall–Kier alpha value is -3.20. The fourth-order valence-corrected chi connectivity index (χ4v) is 2.53. The summed E-state index contributed by atoms with van der Waals surface area (Å²) >= 11 is 0. The molecule has 0 aliphatic carbocycles. The van der Waals surface area contributed by atoms with E-state index >= 15 is 0 Å². The van der Waals surface area contributed by atoms with Gasteiger partial charge in [-0.05, 0) is 49.2 Å². The molecule has 0 spiro atoms. The molecule has 1 aromatic carbocycles. The van der Waals surface area contributed by atoms with E-state index < -0.39 is 5.91 Å². The normalized spacial score (nSPS) is 12.8. The second-order valence-corrected chi connectivity index (χ2v) is 5.57. The minimum atomic E-state index is -0.409. The first-order valence-electron chi connectivity index (χ1n) is 7.51. The van der Waals surface area contributed by atoms with Crippen LogP contribution >= 0.6 is 0 Å². The average Bonchev–Trinajstić information content (AvgIpc) is 3.15. The van der Waals surface area contributed by atoms with E-state index in [0.717, 1.165) is 22.5 Å². The molecule has 0 atom stereocenters. The molecule has 1 amide bonds. The number of carbonyl (C=O) groups excluding carboxylic acids is 1. The highest BCUT2D eigenvalue weighted by Crippen LogP contribution is 2.32. The van der Waals surface area contributed by atoms with Crippen LogP contribution in [0.2, 0.25) is 0 Å². The van der Waals surface area contributed by atoms with Gasteiger partial charge >= 0.3 is 0 Å². The molecular formula is C18H17N3O3. The lowest BCUT2D eigenvalue weighted by Gasteiger charge is -2.05. The number of hydrogen-bond donors (Lipinski definition) is 2. The summed E-state index contributed by atoms with van der Waals surface area (Å²) in [5, 5.41) is 12.0. The lowest BCUT2D eigenvalue weighted by atomic mass is 10.1. The highest BCUT2D eigenvalue weighted by Gasteiger charge is 2.14. The van der Waals surface area contributed by atoms with Gasteiger partial charge in [0.05, 0.1) is 0 Å². The molecule has 6 heteroatoms. The number of nitrogens with zero attached hydrogens (tertiary/aromatic N) is 1. The maximum absolute atomic E-state index is 12.2. The monoisotopic (exact) mass is 323 g/mol. The van der Waals surface area contributed by atoms with Crippen molar-refractivity contribution in [2.45, 2.75) is 20.4 Å². The van der Waals surface area contributed by atoms with Gasteiger partial charge in [0, 0.05) is 17.9 Å². The van der Waals surface area contributed by atoms with Crippen LogP contribution < -0.4 is 14.8 Å². The number of amides is 1. The van der Waals surface area contributed by atoms with Crippen molar-refractivity contribution >= 4 is 12.0 Å². The molecule has 0 unspecified atom stereocenters. The third kappa shape index (κ3) is 3.25. The molecule has 1 aromatic heterocycles. The summed E-state index contributed by atoms with van der Waals surface area (Å²) in [6.07, 6.45) is 1.59. The standard InChI is InChI=1S/C18H17N3O3/c1-11-5-14(12(2)21-11)7-15(8-19)18(22)20-9-13-3-4-16-17(6-13)24-10-23-16/h3-7,21H,9-10H2,1-2H3,(H,20,22). The molecule has 2 N–H and O–H groups in total. The van der Waals surface area contributed by atoms with E-state index in [0.29, 0.717) is 18.0 Å². The van der Waals surface area contributed by atoms with Gasteiger partial charge in [0.1, 0.15) is 11.6 Å². The molecular weight excluding hydrogens is 306 g/mol. The second-order valence-electron chi connectivity index (χ2n) is 5.57. The van der Waals surface area contributed by atoms with Crippen LogP contribution in [0.5, 0.6) is 11.5 Å². The van der Waals surface area contributed by atoms with Crippen LogP contribution in [-0.2, 0) is 11.3 Å². The van der Waals surface area contributed by atoms with Gasteiger partial charge in [0.2, 0.25) is 6.79 Å². The number of fused-ring (bicyclic) bond motifs is 1. The number of hydrogen-bond acceptors (Lipinski definition) is 4. The summed E-state index contributed by atoms with van der Waals surface area (Å²) in [5.74, 6) is 0.950. The SMILES string of the molecule is Cc1cc(C=C(C#N)C(=O)NCc2ccc3c(c2)OCO3)c(C)[nH]1. The second kappa shape index (κ2) is 6.50. The first-order chi connectivity index (χ1) is 11.6. The molecule has 0 saturated heterocycles. The van der Waals surface area contributed by atoms with Crippen LogP contribution in [0.15, 0.2) is 29.8 Å². The summed E-state index contributed by atoms with van der Waals surface area (Å²) in [7, 11) is 0. The highest BCUT2D eigenvalue weighted by molar-refractivity contribution is 6.01. The Bertz CT molecular complexity index is 859. The van der Waals surface area contributed by atoms with E-state index in [-0.39, 0.29) is 12.4 Å². The van der Waals surface area contributed by atoms with E-state index in [1.807, 2.05) is 38.1 Å². The summed E-state index contributed by atoms with van der Waals surface area (Å²) < 4.78 is 10.6. The molecule has 6 nitrogen and oxygen atoms in total. The first-order valence-corrected chi connectivity index (χ1v) is 7.51. The van der Waals surface area contributed by atoms with Crippen LogP contribution in [0.1, 0.15) is 22.5 Å². The number of nitrogens with one attached hydrogen (secondary N) is 2. The minimum Gasteiger partial charge on any atom is -0.454 e. The van der Waals surface area contributed by atoms with Crippen molar-refractivity contribution in [2.75, 3.05) is 6.79 Å². The Balaban J connectivity index is 1.69. The molecule has 2 heterocycles. The van der Waals surface area contributed by atoms with Crippen LogP contribution in [0.25, 0.3) is 6.08 Å². The smallest absolute Gasteiger partial charge is 0.262 e. The largest absolute Gasteiger partial charge is 0.454 e. The van der Waals surface area contributed by atoms with E-state index in [2.05, 4.69) is 10.3 Å². The highest BCUT2D eigenvalue weighted by atomic mass is 16.7. The van der Waals surface area contributed by atoms with Crippen molar-refractivity contribution in [1.29, 1.82) is 5.26 Å². The molecule has 2 aromatic rings. The Morgan fingerprint density at radius 1 is 1.33 bits per heavy atom. The number of benzene rings is 1. The Morgan fingerprint density at radius 2 is 2.12 bits per heavy atom. The number of aromatic nitrogens is 1. The predicted octanol–water partition coefficient (Wildman–Crippen LogP) is 2.58. The minimum absolute atomic E-state index is 0.0674. The summed E-state index contributed by atoms with van der Waals surface area (Å²) in [4.78, 5) is 15.4. The van der Waals surface area contributed by atoms with E-state index in [4.69, 9.17) is 9.47 Å². The van der Waals surface area contributed by atoms with Crippen LogP contribution in [0.3, 0.4) is 0 Å². The molecule has 1 aliphatic rings. The average molecular weight is 323 g/mol. The lowest BCUT2D eigenvalue weighted by Crippen LogP contribution is -2.23. The van der Waals surface area contributed by atoms with Crippen molar-refractivity contribution in [3.63, 3.8) is 0 Å². The molecule has 3 rings (SSSR count). The Kier molecular flexibility index (Phi) is 4.25. The molecule has 24 heavy (non-hydrogen) atoms. The van der Waals surface area contributed by atoms with Crippen molar-refractivity contribution in [2.24, 2.45) is 0 Å². The van der Waals surface area contributed by atoms with Crippen molar-refractivity contribution in [3.8, 4) is 17.6 Å². The number of aromatic amines is 1. The number of aryl methyl sites for hydroxylation is 2. The van der Waals surface area contributed by atoms with Crippen molar-refractivity contribution in [1.82, 2.24) is 10.3 Å². The third-order valence-corrected chi connectivity index (χ3v) is 3.74. The fourth-order valence-electron chi connectivity index (χ4n) is 2.53. The number of H-pyrrole nitrogens is 1. The van der Waals surface area contributed by atoms with E-state index in [1.54, 1.807) is 12.1 Å². The summed E-state index contributed by atoms with van der Waals surface area (Å²) in [5.41, 5.74) is 3.68. The van der Waals surface area contributed by atoms with Crippen molar-refractivity contribution < 1.29 is 14.3 Å². The van der Waals surface area contributed by atoms with Crippen LogP contribution in [-0.4, -0.2) is 17.7 Å². The third-order valence-electron chi connectivity index (χ3n) is 3.74. The quantitative estimate of drug-likeness (QED) is 0.669. The van der Waals surface area contributed by atoms with Gasteiger partial charge in [0.25, 0.3) is 5.91 Å². The van der Waals surface area contributed by atoms with Gasteiger partial charge in [0.15, 0.2) is 11.5 Å². The molecule has 122 valence electrons. The predicted molar refractivity (Wildman–Crippen MR) is 88.3 cm³/mol. The van der Waals surface area contributed by atoms with Crippen LogP contribution in [0.4, 0.5) is 0 Å². The maximum Gasteiger partial charge on any atom is 0.262 e. The number of nitriles is 1. The Morgan fingerprint density at radius 3 is 2.83 bits per heavy atom. The molecule has 0 fully saturated rings. The van der Waals surface area contributed by atoms with Gasteiger partial charge in [-0.3, -0.25) is 4.79 Å². The van der Waals surface area contributed by atoms with Crippen molar-refractivity contribution in [3.05, 3.63) is 52.4 Å². The van der Waals surface area contributed by atoms with E-state index in [9.17, 15) is 10.1 Å². The molecule has 0 radical (unpaired) electrons. The number of rotatable bonds is 4. The topological polar surface area (TPSA) is 87.1 Å². The molecule has 1 aliphatic heterocycles. The van der Waals surface area contributed by atoms with Gasteiger partial charge in [-0.2, -0.15) is 5.26 Å². The van der Waals surface area contributed by atoms with E-state index in [1.165, 1.54) is 0 Å². The fraction of sp³-hybridized carbons (Fsp3) is 0.222. The van der Waals surface area contributed by atoms with Crippen LogP contribution in [0, 0.1) is 25.2 Å². The maximum atomic E-state index is 12.2. The zero-order chi connectivity index (χ0) is 17.1. The lowest BCUT2D eigenvalue weighted by molar-refractivity contribution is -0.117. The van der Waals surface area contributed by atoms with Gasteiger partial charge < -0.3 is 19.8 Å². The number of ether oxygens (including phenoxy) is 2. The Labute approximate surface area is 139 Å².